The van der Waals surface area contributed by atoms with Gasteiger partial charge in [-0.3, -0.25) is 4.79 Å². The fourth-order valence-corrected chi connectivity index (χ4v) is 2.68. The number of alkyl halides is 3. The van der Waals surface area contributed by atoms with Crippen LogP contribution in [0.5, 0.6) is 5.75 Å². The Morgan fingerprint density at radius 2 is 1.89 bits per heavy atom. The smallest absolute Gasteiger partial charge is 0.416 e. The van der Waals surface area contributed by atoms with Crippen LogP contribution in [0.4, 0.5) is 18.9 Å². The largest absolute Gasteiger partial charge is 0.493 e. The van der Waals surface area contributed by atoms with Gasteiger partial charge in [-0.25, -0.2) is 0 Å². The predicted octanol–water partition coefficient (Wildman–Crippen LogP) is 5.16. The molecular weight excluding hydrogens is 357 g/mol. The van der Waals surface area contributed by atoms with Crippen LogP contribution in [-0.4, -0.2) is 17.5 Å². The van der Waals surface area contributed by atoms with Gasteiger partial charge in [0.05, 0.1) is 17.9 Å². The first-order valence-corrected chi connectivity index (χ1v) is 8.56. The van der Waals surface area contributed by atoms with Crippen LogP contribution in [0.15, 0.2) is 48.7 Å². The lowest BCUT2D eigenvalue weighted by Gasteiger charge is -2.09. The summed E-state index contributed by atoms with van der Waals surface area (Å²) in [4.78, 5) is 14.7. The summed E-state index contributed by atoms with van der Waals surface area (Å²) in [6.45, 7) is 2.11. The quantitative estimate of drug-likeness (QED) is 0.625. The molecule has 2 aromatic carbocycles. The molecule has 0 saturated carbocycles. The molecule has 0 aliphatic heterocycles. The lowest BCUT2D eigenvalue weighted by Crippen LogP contribution is -2.08. The Bertz CT molecular complexity index is 931. The molecule has 4 nitrogen and oxygen atoms in total. The van der Waals surface area contributed by atoms with Crippen LogP contribution in [-0.2, 0) is 17.4 Å². The third-order valence-electron chi connectivity index (χ3n) is 4.19. The van der Waals surface area contributed by atoms with Crippen molar-refractivity contribution in [1.29, 1.82) is 0 Å². The van der Waals surface area contributed by atoms with Crippen LogP contribution in [0.3, 0.4) is 0 Å². The number of aromatic amines is 1. The lowest BCUT2D eigenvalue weighted by atomic mass is 10.1. The van der Waals surface area contributed by atoms with Gasteiger partial charge in [0.1, 0.15) is 5.75 Å². The second-order valence-electron chi connectivity index (χ2n) is 6.10. The minimum absolute atomic E-state index is 0.0791. The lowest BCUT2D eigenvalue weighted by molar-refractivity contribution is -0.137. The molecule has 2 N–H and O–H groups in total. The Morgan fingerprint density at radius 3 is 2.56 bits per heavy atom. The number of carbonyl (C=O) groups excluding carboxylic acids is 1. The van der Waals surface area contributed by atoms with Crippen LogP contribution >= 0.6 is 0 Å². The number of aromatic nitrogens is 1. The predicted molar refractivity (Wildman–Crippen MR) is 97.9 cm³/mol. The molecule has 0 fully saturated rings. The van der Waals surface area contributed by atoms with E-state index in [0.29, 0.717) is 30.9 Å². The Labute approximate surface area is 154 Å². The fourth-order valence-electron chi connectivity index (χ4n) is 2.68. The van der Waals surface area contributed by atoms with Gasteiger partial charge in [0.15, 0.2) is 0 Å². The first-order chi connectivity index (χ1) is 12.9. The summed E-state index contributed by atoms with van der Waals surface area (Å²) in [7, 11) is 0. The van der Waals surface area contributed by atoms with E-state index in [4.69, 9.17) is 4.74 Å². The highest BCUT2D eigenvalue weighted by molar-refractivity contribution is 6.01. The number of nitrogens with one attached hydrogen (secondary N) is 2. The molecule has 0 aliphatic rings. The molecule has 3 rings (SSSR count). The maximum atomic E-state index is 12.6. The van der Waals surface area contributed by atoms with Crippen LogP contribution in [0.2, 0.25) is 0 Å². The second-order valence-corrected chi connectivity index (χ2v) is 6.10. The zero-order chi connectivity index (χ0) is 19.4. The van der Waals surface area contributed by atoms with Crippen LogP contribution in [0.25, 0.3) is 10.9 Å². The van der Waals surface area contributed by atoms with Gasteiger partial charge in [-0.05, 0) is 35.9 Å². The molecule has 7 heteroatoms. The minimum Gasteiger partial charge on any atom is -0.493 e. The summed E-state index contributed by atoms with van der Waals surface area (Å²) >= 11 is 0. The van der Waals surface area contributed by atoms with E-state index >= 15 is 0 Å². The Kier molecular flexibility index (Phi) is 5.39. The molecular formula is C20H19F3N2O2. The molecule has 142 valence electrons. The van der Waals surface area contributed by atoms with Gasteiger partial charge in [-0.1, -0.05) is 19.1 Å². The van der Waals surface area contributed by atoms with Crippen LogP contribution in [0.1, 0.15) is 24.5 Å². The van der Waals surface area contributed by atoms with Gasteiger partial charge in [0, 0.05) is 29.9 Å². The topological polar surface area (TPSA) is 54.1 Å². The van der Waals surface area contributed by atoms with Gasteiger partial charge < -0.3 is 15.0 Å². The van der Waals surface area contributed by atoms with Gasteiger partial charge >= 0.3 is 6.18 Å². The van der Waals surface area contributed by atoms with Gasteiger partial charge in [0.2, 0.25) is 5.91 Å². The van der Waals surface area contributed by atoms with E-state index in [9.17, 15) is 18.0 Å². The number of amides is 1. The number of carbonyl (C=O) groups is 1. The standard InChI is InChI=1S/C20H19F3N2O2/c1-2-19(26)25-18-12-24-17-8-7-15(11-16(17)18)27-10-9-13-3-5-14(6-4-13)20(21,22)23/h3-8,11-12,24H,2,9-10H2,1H3,(H,25,26). The van der Waals surface area contributed by atoms with Gasteiger partial charge in [-0.15, -0.1) is 0 Å². The number of hydrogen-bond donors (Lipinski definition) is 2. The summed E-state index contributed by atoms with van der Waals surface area (Å²) in [5.74, 6) is 0.547. The molecule has 0 saturated heterocycles. The van der Waals surface area contributed by atoms with E-state index in [0.717, 1.165) is 28.6 Å². The number of anilines is 1. The number of halogens is 3. The molecule has 0 radical (unpaired) electrons. The van der Waals surface area contributed by atoms with Crippen molar-refractivity contribution in [3.63, 3.8) is 0 Å². The maximum absolute atomic E-state index is 12.6. The van der Waals surface area contributed by atoms with Crippen molar-refractivity contribution in [2.75, 3.05) is 11.9 Å². The highest BCUT2D eigenvalue weighted by atomic mass is 19.4. The number of benzene rings is 2. The van der Waals surface area contributed by atoms with Gasteiger partial charge in [-0.2, -0.15) is 13.2 Å². The average Bonchev–Trinajstić information content (AvgIpc) is 3.03. The normalized spacial score (nSPS) is 11.6. The van der Waals surface area contributed by atoms with Crippen molar-refractivity contribution in [3.05, 3.63) is 59.8 Å². The van der Waals surface area contributed by atoms with Crippen LogP contribution < -0.4 is 10.1 Å². The SMILES string of the molecule is CCC(=O)Nc1c[nH]c2ccc(OCCc3ccc(C(F)(F)F)cc3)cc12. The molecule has 0 unspecified atom stereocenters. The molecule has 1 heterocycles. The molecule has 1 amide bonds. The zero-order valence-electron chi connectivity index (χ0n) is 14.7. The summed E-state index contributed by atoms with van der Waals surface area (Å²) in [5.41, 5.74) is 1.66. The van der Waals surface area contributed by atoms with E-state index in [-0.39, 0.29) is 5.91 Å². The van der Waals surface area contributed by atoms with Crippen molar-refractivity contribution in [2.24, 2.45) is 0 Å². The van der Waals surface area contributed by atoms with E-state index in [1.54, 1.807) is 19.2 Å². The summed E-state index contributed by atoms with van der Waals surface area (Å²) in [6, 6.07) is 10.5. The molecule has 1 aromatic heterocycles. The third-order valence-corrected chi connectivity index (χ3v) is 4.19. The zero-order valence-corrected chi connectivity index (χ0v) is 14.7. The van der Waals surface area contributed by atoms with E-state index in [1.165, 1.54) is 12.1 Å². The number of fused-ring (bicyclic) bond motifs is 1. The summed E-state index contributed by atoms with van der Waals surface area (Å²) in [5, 5.41) is 3.66. The summed E-state index contributed by atoms with van der Waals surface area (Å²) in [6.07, 6.45) is -1.73. The number of H-pyrrole nitrogens is 1. The Balaban J connectivity index is 1.63. The maximum Gasteiger partial charge on any atom is 0.416 e. The van der Waals surface area contributed by atoms with E-state index in [1.807, 2.05) is 12.1 Å². The molecule has 0 bridgehead atoms. The van der Waals surface area contributed by atoms with Gasteiger partial charge in [0.25, 0.3) is 0 Å². The van der Waals surface area contributed by atoms with Crippen molar-refractivity contribution in [2.45, 2.75) is 25.9 Å². The van der Waals surface area contributed by atoms with Crippen molar-refractivity contribution < 1.29 is 22.7 Å². The molecule has 0 aliphatic carbocycles. The highest BCUT2D eigenvalue weighted by Gasteiger charge is 2.29. The molecule has 0 atom stereocenters. The van der Waals surface area contributed by atoms with Crippen molar-refractivity contribution >= 4 is 22.5 Å². The molecule has 27 heavy (non-hydrogen) atoms. The highest BCUT2D eigenvalue weighted by Crippen LogP contribution is 2.29. The fraction of sp³-hybridized carbons (Fsp3) is 0.250. The first-order valence-electron chi connectivity index (χ1n) is 8.56. The minimum atomic E-state index is -4.33. The van der Waals surface area contributed by atoms with Crippen molar-refractivity contribution in [3.8, 4) is 5.75 Å². The second kappa shape index (κ2) is 7.73. The average molecular weight is 376 g/mol. The number of rotatable bonds is 6. The molecule has 3 aromatic rings. The van der Waals surface area contributed by atoms with Crippen LogP contribution in [0, 0.1) is 0 Å². The monoisotopic (exact) mass is 376 g/mol. The first kappa shape index (κ1) is 18.8. The van der Waals surface area contributed by atoms with E-state index in [2.05, 4.69) is 10.3 Å². The summed E-state index contributed by atoms with van der Waals surface area (Å²) < 4.78 is 43.4. The number of ether oxygens (including phenoxy) is 1. The van der Waals surface area contributed by atoms with Crippen molar-refractivity contribution in [1.82, 2.24) is 4.98 Å². The Hall–Kier alpha value is -2.96. The third kappa shape index (κ3) is 4.61. The molecule has 0 spiro atoms. The Morgan fingerprint density at radius 1 is 1.15 bits per heavy atom. The van der Waals surface area contributed by atoms with E-state index < -0.39 is 11.7 Å². The number of hydrogen-bond acceptors (Lipinski definition) is 2.